The van der Waals surface area contributed by atoms with Crippen molar-refractivity contribution < 1.29 is 4.79 Å². The maximum Gasteiger partial charge on any atom is 0.271 e. The third kappa shape index (κ3) is 4.65. The van der Waals surface area contributed by atoms with Gasteiger partial charge in [-0.1, -0.05) is 18.9 Å². The Morgan fingerprint density at radius 3 is 2.87 bits per heavy atom. The molecule has 1 amide bonds. The van der Waals surface area contributed by atoms with Crippen LogP contribution in [0, 0.1) is 0 Å². The molecular weight excluding hydrogens is 308 g/mol. The number of H-pyrrole nitrogens is 1. The molecule has 3 rings (SSSR count). The van der Waals surface area contributed by atoms with Crippen molar-refractivity contribution in [3.05, 3.63) is 29.3 Å². The standard InChI is InChI=1S/C17H24N4OS/c22-17(15-13-14(19-20-15)16-7-5-12-23-16)18-8-6-11-21-9-3-1-2-4-10-21/h5,7,12-13H,1-4,6,8-11H2,(H,18,22)(H,19,20). The molecule has 0 aliphatic carbocycles. The van der Waals surface area contributed by atoms with E-state index in [-0.39, 0.29) is 5.91 Å². The number of rotatable bonds is 6. The molecule has 1 aliphatic rings. The van der Waals surface area contributed by atoms with Gasteiger partial charge in [0, 0.05) is 6.54 Å². The predicted octanol–water partition coefficient (Wildman–Crippen LogP) is 3.13. The third-order valence-electron chi connectivity index (χ3n) is 4.23. The Morgan fingerprint density at radius 2 is 2.13 bits per heavy atom. The molecule has 0 radical (unpaired) electrons. The molecule has 0 saturated carbocycles. The van der Waals surface area contributed by atoms with Crippen LogP contribution in [0.4, 0.5) is 0 Å². The number of likely N-dealkylation sites (tertiary alicyclic amines) is 1. The van der Waals surface area contributed by atoms with Gasteiger partial charge < -0.3 is 10.2 Å². The Hall–Kier alpha value is -1.66. The van der Waals surface area contributed by atoms with E-state index in [0.29, 0.717) is 12.2 Å². The molecule has 2 aromatic heterocycles. The normalized spacial score (nSPS) is 16.2. The molecule has 124 valence electrons. The van der Waals surface area contributed by atoms with Crippen LogP contribution in [0.1, 0.15) is 42.6 Å². The van der Waals surface area contributed by atoms with Crippen molar-refractivity contribution in [2.45, 2.75) is 32.1 Å². The van der Waals surface area contributed by atoms with Crippen molar-refractivity contribution in [2.24, 2.45) is 0 Å². The first-order chi connectivity index (χ1) is 11.3. The molecule has 0 aromatic carbocycles. The summed E-state index contributed by atoms with van der Waals surface area (Å²) in [6.45, 7) is 4.19. The number of hydrogen-bond donors (Lipinski definition) is 2. The van der Waals surface area contributed by atoms with E-state index < -0.39 is 0 Å². The summed E-state index contributed by atoms with van der Waals surface area (Å²) in [4.78, 5) is 15.7. The molecular formula is C17H24N4OS. The fourth-order valence-electron chi connectivity index (χ4n) is 2.95. The number of aromatic amines is 1. The van der Waals surface area contributed by atoms with E-state index in [4.69, 9.17) is 0 Å². The van der Waals surface area contributed by atoms with Crippen LogP contribution >= 0.6 is 11.3 Å². The van der Waals surface area contributed by atoms with Crippen LogP contribution in [-0.2, 0) is 0 Å². The average Bonchev–Trinajstić information content (AvgIpc) is 3.19. The number of nitrogens with zero attached hydrogens (tertiary/aromatic N) is 2. The maximum atomic E-state index is 12.1. The number of carbonyl (C=O) groups is 1. The highest BCUT2D eigenvalue weighted by Crippen LogP contribution is 2.22. The van der Waals surface area contributed by atoms with Crippen LogP contribution in [0.15, 0.2) is 23.6 Å². The molecule has 0 unspecified atom stereocenters. The predicted molar refractivity (Wildman–Crippen MR) is 93.8 cm³/mol. The van der Waals surface area contributed by atoms with E-state index in [0.717, 1.165) is 23.5 Å². The molecule has 0 bridgehead atoms. The van der Waals surface area contributed by atoms with E-state index in [1.165, 1.54) is 38.8 Å². The van der Waals surface area contributed by atoms with E-state index in [1.54, 1.807) is 11.3 Å². The lowest BCUT2D eigenvalue weighted by Crippen LogP contribution is -2.30. The van der Waals surface area contributed by atoms with Gasteiger partial charge in [-0.3, -0.25) is 9.89 Å². The highest BCUT2D eigenvalue weighted by molar-refractivity contribution is 7.13. The fraction of sp³-hybridized carbons (Fsp3) is 0.529. The molecule has 2 aromatic rings. The monoisotopic (exact) mass is 332 g/mol. The second-order valence-corrected chi connectivity index (χ2v) is 6.96. The van der Waals surface area contributed by atoms with Crippen LogP contribution in [0.2, 0.25) is 0 Å². The van der Waals surface area contributed by atoms with E-state index in [1.807, 2.05) is 23.6 Å². The van der Waals surface area contributed by atoms with Crippen LogP contribution < -0.4 is 5.32 Å². The van der Waals surface area contributed by atoms with Gasteiger partial charge in [-0.25, -0.2) is 0 Å². The van der Waals surface area contributed by atoms with Crippen molar-refractivity contribution in [1.29, 1.82) is 0 Å². The van der Waals surface area contributed by atoms with E-state index in [2.05, 4.69) is 20.4 Å². The Kier molecular flexibility index (Phi) is 5.82. The summed E-state index contributed by atoms with van der Waals surface area (Å²) in [6, 6.07) is 5.82. The maximum absolute atomic E-state index is 12.1. The van der Waals surface area contributed by atoms with Gasteiger partial charge in [-0.15, -0.1) is 11.3 Å². The Labute approximate surface area is 141 Å². The first-order valence-corrected chi connectivity index (χ1v) is 9.31. The second-order valence-electron chi connectivity index (χ2n) is 6.01. The molecule has 1 aliphatic heterocycles. The third-order valence-corrected chi connectivity index (χ3v) is 5.14. The van der Waals surface area contributed by atoms with Crippen LogP contribution in [0.5, 0.6) is 0 Å². The molecule has 23 heavy (non-hydrogen) atoms. The van der Waals surface area contributed by atoms with Gasteiger partial charge in [0.1, 0.15) is 0 Å². The molecule has 2 N–H and O–H groups in total. The number of carbonyl (C=O) groups excluding carboxylic acids is 1. The zero-order valence-corrected chi connectivity index (χ0v) is 14.2. The molecule has 3 heterocycles. The summed E-state index contributed by atoms with van der Waals surface area (Å²) < 4.78 is 0. The summed E-state index contributed by atoms with van der Waals surface area (Å²) in [5.41, 5.74) is 1.36. The number of thiophene rings is 1. The largest absolute Gasteiger partial charge is 0.351 e. The number of aromatic nitrogens is 2. The van der Waals surface area contributed by atoms with Gasteiger partial charge >= 0.3 is 0 Å². The summed E-state index contributed by atoms with van der Waals surface area (Å²) >= 11 is 1.63. The summed E-state index contributed by atoms with van der Waals surface area (Å²) in [7, 11) is 0. The Balaban J connectivity index is 1.41. The second kappa shape index (κ2) is 8.26. The topological polar surface area (TPSA) is 61.0 Å². The minimum absolute atomic E-state index is 0.0973. The number of hydrogen-bond acceptors (Lipinski definition) is 4. The van der Waals surface area contributed by atoms with Crippen LogP contribution in [0.25, 0.3) is 10.6 Å². The van der Waals surface area contributed by atoms with Gasteiger partial charge in [0.2, 0.25) is 0 Å². The van der Waals surface area contributed by atoms with Crippen molar-refractivity contribution in [3.63, 3.8) is 0 Å². The molecule has 6 heteroatoms. The van der Waals surface area contributed by atoms with Crippen LogP contribution in [0.3, 0.4) is 0 Å². The van der Waals surface area contributed by atoms with Gasteiger partial charge in [-0.2, -0.15) is 5.10 Å². The summed E-state index contributed by atoms with van der Waals surface area (Å²) in [5, 5.41) is 12.0. The molecule has 0 atom stereocenters. The van der Waals surface area contributed by atoms with Crippen molar-refractivity contribution >= 4 is 17.2 Å². The van der Waals surface area contributed by atoms with Gasteiger partial charge in [0.25, 0.3) is 5.91 Å². The SMILES string of the molecule is O=C(NCCCN1CCCCCC1)c1cc(-c2cccs2)[nH]n1. The molecule has 1 fully saturated rings. The molecule has 0 spiro atoms. The number of amides is 1. The van der Waals surface area contributed by atoms with E-state index in [9.17, 15) is 4.79 Å². The van der Waals surface area contributed by atoms with Crippen LogP contribution in [-0.4, -0.2) is 47.2 Å². The highest BCUT2D eigenvalue weighted by Gasteiger charge is 2.12. The Morgan fingerprint density at radius 1 is 1.30 bits per heavy atom. The lowest BCUT2D eigenvalue weighted by atomic mass is 10.2. The van der Waals surface area contributed by atoms with Gasteiger partial charge in [-0.05, 0) is 56.4 Å². The zero-order valence-electron chi connectivity index (χ0n) is 13.4. The van der Waals surface area contributed by atoms with Gasteiger partial charge in [0.15, 0.2) is 5.69 Å². The minimum Gasteiger partial charge on any atom is -0.351 e. The lowest BCUT2D eigenvalue weighted by molar-refractivity contribution is 0.0946. The lowest BCUT2D eigenvalue weighted by Gasteiger charge is -2.19. The van der Waals surface area contributed by atoms with Crippen molar-refractivity contribution in [1.82, 2.24) is 20.4 Å². The highest BCUT2D eigenvalue weighted by atomic mass is 32.1. The smallest absolute Gasteiger partial charge is 0.271 e. The summed E-state index contributed by atoms with van der Waals surface area (Å²) in [6.07, 6.45) is 6.34. The first kappa shape index (κ1) is 16.2. The zero-order chi connectivity index (χ0) is 15.9. The number of nitrogens with one attached hydrogen (secondary N) is 2. The molecule has 1 saturated heterocycles. The van der Waals surface area contributed by atoms with Gasteiger partial charge in [0.05, 0.1) is 10.6 Å². The van der Waals surface area contributed by atoms with E-state index >= 15 is 0 Å². The molecule has 5 nitrogen and oxygen atoms in total. The quantitative estimate of drug-likeness (QED) is 0.799. The van der Waals surface area contributed by atoms with Crippen molar-refractivity contribution in [2.75, 3.05) is 26.2 Å². The minimum atomic E-state index is -0.0973. The Bertz CT molecular complexity index is 600. The summed E-state index contributed by atoms with van der Waals surface area (Å²) in [5.74, 6) is -0.0973. The van der Waals surface area contributed by atoms with Crippen molar-refractivity contribution in [3.8, 4) is 10.6 Å². The first-order valence-electron chi connectivity index (χ1n) is 8.43. The average molecular weight is 332 g/mol. The fourth-order valence-corrected chi connectivity index (χ4v) is 3.64.